The first-order valence-corrected chi connectivity index (χ1v) is 5.76. The van der Waals surface area contributed by atoms with E-state index >= 15 is 0 Å². The van der Waals surface area contributed by atoms with Crippen molar-refractivity contribution in [3.05, 3.63) is 0 Å². The lowest BCUT2D eigenvalue weighted by atomic mass is 10.1. The predicted molar refractivity (Wildman–Crippen MR) is 56.0 cm³/mol. The summed E-state index contributed by atoms with van der Waals surface area (Å²) in [6.45, 7) is 5.45. The maximum atomic E-state index is 5.57. The zero-order valence-electron chi connectivity index (χ0n) is 8.85. The fourth-order valence-corrected chi connectivity index (χ4v) is 1.85. The lowest BCUT2D eigenvalue weighted by Gasteiger charge is -2.08. The highest BCUT2D eigenvalue weighted by molar-refractivity contribution is 4.64. The fraction of sp³-hybridized carbons (Fsp3) is 1.00. The summed E-state index contributed by atoms with van der Waals surface area (Å²) < 4.78 is 5.57. The molecule has 1 rings (SSSR count). The first-order valence-electron chi connectivity index (χ1n) is 5.76. The Morgan fingerprint density at radius 3 is 2.92 bits per heavy atom. The van der Waals surface area contributed by atoms with Gasteiger partial charge in [-0.25, -0.2) is 0 Å². The third kappa shape index (κ3) is 5.27. The van der Waals surface area contributed by atoms with Gasteiger partial charge in [0.05, 0.1) is 6.10 Å². The molecule has 1 aliphatic heterocycles. The van der Waals surface area contributed by atoms with E-state index in [1.807, 2.05) is 0 Å². The van der Waals surface area contributed by atoms with E-state index in [2.05, 4.69) is 12.2 Å². The van der Waals surface area contributed by atoms with Crippen molar-refractivity contribution in [1.29, 1.82) is 0 Å². The first-order chi connectivity index (χ1) is 6.43. The Morgan fingerprint density at radius 1 is 1.31 bits per heavy atom. The van der Waals surface area contributed by atoms with E-state index in [1.54, 1.807) is 0 Å². The highest BCUT2D eigenvalue weighted by Crippen LogP contribution is 2.17. The van der Waals surface area contributed by atoms with Crippen LogP contribution >= 0.6 is 0 Å². The van der Waals surface area contributed by atoms with Gasteiger partial charge < -0.3 is 10.1 Å². The van der Waals surface area contributed by atoms with Gasteiger partial charge in [0.2, 0.25) is 0 Å². The van der Waals surface area contributed by atoms with Crippen molar-refractivity contribution in [2.75, 3.05) is 19.7 Å². The maximum absolute atomic E-state index is 5.57. The van der Waals surface area contributed by atoms with Crippen LogP contribution in [0.1, 0.15) is 45.4 Å². The van der Waals surface area contributed by atoms with Gasteiger partial charge in [-0.15, -0.1) is 0 Å². The van der Waals surface area contributed by atoms with Crippen LogP contribution in [0.3, 0.4) is 0 Å². The standard InChI is InChI=1S/C11H23NO/c1-2-12-9-5-3-4-7-11-8-6-10-13-11/h11-12H,2-10H2,1H3. The molecule has 1 heterocycles. The van der Waals surface area contributed by atoms with Crippen molar-refractivity contribution in [2.45, 2.75) is 51.6 Å². The second-order valence-electron chi connectivity index (χ2n) is 3.84. The van der Waals surface area contributed by atoms with E-state index in [1.165, 1.54) is 45.1 Å². The molecule has 78 valence electrons. The summed E-state index contributed by atoms with van der Waals surface area (Å²) in [5.41, 5.74) is 0. The number of rotatable bonds is 7. The average molecular weight is 185 g/mol. The molecule has 0 aromatic carbocycles. The molecule has 0 bridgehead atoms. The van der Waals surface area contributed by atoms with E-state index in [4.69, 9.17) is 4.74 Å². The molecule has 0 aromatic heterocycles. The Labute approximate surface area is 82.0 Å². The quantitative estimate of drug-likeness (QED) is 0.615. The molecular formula is C11H23NO. The van der Waals surface area contributed by atoms with Crippen LogP contribution in [0, 0.1) is 0 Å². The smallest absolute Gasteiger partial charge is 0.0576 e. The molecule has 0 amide bonds. The molecule has 1 aliphatic rings. The highest BCUT2D eigenvalue weighted by atomic mass is 16.5. The predicted octanol–water partition coefficient (Wildman–Crippen LogP) is 2.34. The van der Waals surface area contributed by atoms with Crippen molar-refractivity contribution >= 4 is 0 Å². The summed E-state index contributed by atoms with van der Waals surface area (Å²) in [4.78, 5) is 0. The van der Waals surface area contributed by atoms with Gasteiger partial charge in [0, 0.05) is 6.61 Å². The van der Waals surface area contributed by atoms with Gasteiger partial charge in [-0.1, -0.05) is 19.8 Å². The fourth-order valence-electron chi connectivity index (χ4n) is 1.85. The van der Waals surface area contributed by atoms with Crippen LogP contribution in [0.2, 0.25) is 0 Å². The molecule has 1 unspecified atom stereocenters. The van der Waals surface area contributed by atoms with E-state index in [9.17, 15) is 0 Å². The summed E-state index contributed by atoms with van der Waals surface area (Å²) in [6.07, 6.45) is 8.48. The van der Waals surface area contributed by atoms with Crippen LogP contribution in [-0.4, -0.2) is 25.8 Å². The van der Waals surface area contributed by atoms with Gasteiger partial charge in [-0.3, -0.25) is 0 Å². The van der Waals surface area contributed by atoms with Gasteiger partial charge in [0.15, 0.2) is 0 Å². The van der Waals surface area contributed by atoms with Crippen LogP contribution in [-0.2, 0) is 4.74 Å². The number of nitrogens with one attached hydrogen (secondary N) is 1. The first kappa shape index (κ1) is 11.0. The van der Waals surface area contributed by atoms with Crippen LogP contribution in [0.15, 0.2) is 0 Å². The van der Waals surface area contributed by atoms with Crippen molar-refractivity contribution < 1.29 is 4.74 Å². The molecule has 1 saturated heterocycles. The largest absolute Gasteiger partial charge is 0.378 e. The third-order valence-corrected chi connectivity index (χ3v) is 2.65. The lowest BCUT2D eigenvalue weighted by molar-refractivity contribution is 0.102. The lowest BCUT2D eigenvalue weighted by Crippen LogP contribution is -2.14. The van der Waals surface area contributed by atoms with Crippen LogP contribution < -0.4 is 5.32 Å². The summed E-state index contributed by atoms with van der Waals surface area (Å²) in [7, 11) is 0. The molecular weight excluding hydrogens is 162 g/mol. The Bertz CT molecular complexity index is 111. The summed E-state index contributed by atoms with van der Waals surface area (Å²) >= 11 is 0. The third-order valence-electron chi connectivity index (χ3n) is 2.65. The number of hydrogen-bond acceptors (Lipinski definition) is 2. The normalized spacial score (nSPS) is 22.4. The number of unbranched alkanes of at least 4 members (excludes halogenated alkanes) is 2. The van der Waals surface area contributed by atoms with Crippen molar-refractivity contribution in [1.82, 2.24) is 5.32 Å². The van der Waals surface area contributed by atoms with Gasteiger partial charge in [0.1, 0.15) is 0 Å². The van der Waals surface area contributed by atoms with Crippen molar-refractivity contribution in [3.8, 4) is 0 Å². The summed E-state index contributed by atoms with van der Waals surface area (Å²) in [6, 6.07) is 0. The van der Waals surface area contributed by atoms with E-state index in [0.29, 0.717) is 6.10 Å². The van der Waals surface area contributed by atoms with E-state index in [0.717, 1.165) is 13.2 Å². The van der Waals surface area contributed by atoms with Gasteiger partial charge in [-0.05, 0) is 38.8 Å². The van der Waals surface area contributed by atoms with Crippen molar-refractivity contribution in [2.24, 2.45) is 0 Å². The molecule has 0 saturated carbocycles. The van der Waals surface area contributed by atoms with E-state index in [-0.39, 0.29) is 0 Å². The molecule has 1 N–H and O–H groups in total. The Balaban J connectivity index is 1.78. The van der Waals surface area contributed by atoms with Gasteiger partial charge >= 0.3 is 0 Å². The SMILES string of the molecule is CCNCCCCCC1CCCO1. The summed E-state index contributed by atoms with van der Waals surface area (Å²) in [5, 5.41) is 3.35. The Kier molecular flexibility index (Phi) is 6.21. The zero-order valence-corrected chi connectivity index (χ0v) is 8.85. The summed E-state index contributed by atoms with van der Waals surface area (Å²) in [5.74, 6) is 0. The molecule has 0 aromatic rings. The monoisotopic (exact) mass is 185 g/mol. The van der Waals surface area contributed by atoms with Gasteiger partial charge in [-0.2, -0.15) is 0 Å². The molecule has 1 atom stereocenters. The second-order valence-corrected chi connectivity index (χ2v) is 3.84. The average Bonchev–Trinajstić information content (AvgIpc) is 2.63. The topological polar surface area (TPSA) is 21.3 Å². The molecule has 0 radical (unpaired) electrons. The van der Waals surface area contributed by atoms with Gasteiger partial charge in [0.25, 0.3) is 0 Å². The minimum atomic E-state index is 0.596. The minimum absolute atomic E-state index is 0.596. The zero-order chi connectivity index (χ0) is 9.36. The van der Waals surface area contributed by atoms with Crippen LogP contribution in [0.4, 0.5) is 0 Å². The number of ether oxygens (including phenoxy) is 1. The number of hydrogen-bond donors (Lipinski definition) is 1. The molecule has 2 nitrogen and oxygen atoms in total. The van der Waals surface area contributed by atoms with Crippen molar-refractivity contribution in [3.63, 3.8) is 0 Å². The molecule has 0 aliphatic carbocycles. The Morgan fingerprint density at radius 2 is 2.23 bits per heavy atom. The van der Waals surface area contributed by atoms with E-state index < -0.39 is 0 Å². The molecule has 13 heavy (non-hydrogen) atoms. The highest BCUT2D eigenvalue weighted by Gasteiger charge is 2.13. The molecule has 1 fully saturated rings. The van der Waals surface area contributed by atoms with Crippen LogP contribution in [0.25, 0.3) is 0 Å². The maximum Gasteiger partial charge on any atom is 0.0576 e. The van der Waals surface area contributed by atoms with Crippen LogP contribution in [0.5, 0.6) is 0 Å². The molecule has 0 spiro atoms. The molecule has 2 heteroatoms. The minimum Gasteiger partial charge on any atom is -0.378 e. The second kappa shape index (κ2) is 7.34. The Hall–Kier alpha value is -0.0800.